The average molecular weight is 419 g/mol. The van der Waals surface area contributed by atoms with Crippen molar-refractivity contribution in [2.24, 2.45) is 0 Å². The minimum Gasteiger partial charge on any atom is -0.484 e. The number of anilines is 2. The maximum absolute atomic E-state index is 12.2. The Kier molecular flexibility index (Phi) is 6.64. The second kappa shape index (κ2) is 9.95. The Hall–Kier alpha value is -3.58. The zero-order valence-corrected chi connectivity index (χ0v) is 17.4. The number of aromatic nitrogens is 1. The molecule has 0 unspecified atom stereocenters. The van der Waals surface area contributed by atoms with Crippen molar-refractivity contribution < 1.29 is 19.0 Å². The third-order valence-electron chi connectivity index (χ3n) is 4.82. The molecule has 0 saturated carbocycles. The number of morpholine rings is 1. The van der Waals surface area contributed by atoms with Crippen molar-refractivity contribution in [3.63, 3.8) is 0 Å². The zero-order valence-electron chi connectivity index (χ0n) is 17.4. The van der Waals surface area contributed by atoms with Crippen LogP contribution in [0.1, 0.15) is 5.56 Å². The van der Waals surface area contributed by atoms with Gasteiger partial charge >= 0.3 is 0 Å². The Morgan fingerprint density at radius 2 is 1.61 bits per heavy atom. The molecule has 7 heteroatoms. The summed E-state index contributed by atoms with van der Waals surface area (Å²) < 4.78 is 16.7. The van der Waals surface area contributed by atoms with Gasteiger partial charge in [0.1, 0.15) is 23.1 Å². The molecule has 0 radical (unpaired) electrons. The number of hydrogen-bond acceptors (Lipinski definition) is 6. The SMILES string of the molecule is Cc1ccc(Oc2ccc(OCC(=O)Nc3ccc(N4CCOCC4)nc3)cc2)cc1. The van der Waals surface area contributed by atoms with Gasteiger partial charge < -0.3 is 24.4 Å². The van der Waals surface area contributed by atoms with Gasteiger partial charge in [-0.05, 0) is 55.5 Å². The highest BCUT2D eigenvalue weighted by atomic mass is 16.5. The van der Waals surface area contributed by atoms with Crippen LogP contribution >= 0.6 is 0 Å². The van der Waals surface area contributed by atoms with E-state index >= 15 is 0 Å². The molecule has 2 aromatic carbocycles. The Labute approximate surface area is 181 Å². The fourth-order valence-electron chi connectivity index (χ4n) is 3.13. The summed E-state index contributed by atoms with van der Waals surface area (Å²) in [5.74, 6) is 2.69. The number of ether oxygens (including phenoxy) is 3. The first-order chi connectivity index (χ1) is 15.2. The fraction of sp³-hybridized carbons (Fsp3) is 0.250. The van der Waals surface area contributed by atoms with Crippen molar-refractivity contribution >= 4 is 17.4 Å². The van der Waals surface area contributed by atoms with Gasteiger partial charge in [-0.2, -0.15) is 0 Å². The molecule has 1 fully saturated rings. The van der Waals surface area contributed by atoms with Gasteiger partial charge in [-0.3, -0.25) is 4.79 Å². The van der Waals surface area contributed by atoms with Crippen LogP contribution in [0.4, 0.5) is 11.5 Å². The van der Waals surface area contributed by atoms with E-state index in [9.17, 15) is 4.79 Å². The van der Waals surface area contributed by atoms with E-state index in [1.807, 2.05) is 43.3 Å². The van der Waals surface area contributed by atoms with Crippen LogP contribution in [0.3, 0.4) is 0 Å². The van der Waals surface area contributed by atoms with Crippen LogP contribution in [0.15, 0.2) is 66.9 Å². The lowest BCUT2D eigenvalue weighted by molar-refractivity contribution is -0.118. The van der Waals surface area contributed by atoms with Crippen LogP contribution in [0, 0.1) is 6.92 Å². The van der Waals surface area contributed by atoms with Crippen LogP contribution in [-0.2, 0) is 9.53 Å². The van der Waals surface area contributed by atoms with Crippen molar-refractivity contribution in [3.8, 4) is 17.2 Å². The van der Waals surface area contributed by atoms with Crippen LogP contribution in [0.5, 0.6) is 17.2 Å². The highest BCUT2D eigenvalue weighted by Crippen LogP contribution is 2.24. The number of pyridine rings is 1. The number of hydrogen-bond donors (Lipinski definition) is 1. The first kappa shape index (κ1) is 20.7. The third-order valence-corrected chi connectivity index (χ3v) is 4.82. The molecule has 1 N–H and O–H groups in total. The van der Waals surface area contributed by atoms with E-state index in [1.165, 1.54) is 5.56 Å². The normalized spacial score (nSPS) is 13.5. The van der Waals surface area contributed by atoms with Gasteiger partial charge in [0.15, 0.2) is 6.61 Å². The maximum atomic E-state index is 12.2. The maximum Gasteiger partial charge on any atom is 0.262 e. The molecule has 0 atom stereocenters. The predicted octanol–water partition coefficient (Wildman–Crippen LogP) is 4.04. The van der Waals surface area contributed by atoms with Crippen molar-refractivity contribution in [2.75, 3.05) is 43.1 Å². The number of carbonyl (C=O) groups excluding carboxylic acids is 1. The van der Waals surface area contributed by atoms with Gasteiger partial charge in [0.05, 0.1) is 25.1 Å². The Morgan fingerprint density at radius 3 is 2.26 bits per heavy atom. The first-order valence-corrected chi connectivity index (χ1v) is 10.2. The summed E-state index contributed by atoms with van der Waals surface area (Å²) in [6.07, 6.45) is 1.65. The molecule has 160 valence electrons. The molecule has 2 heterocycles. The summed E-state index contributed by atoms with van der Waals surface area (Å²) in [4.78, 5) is 18.8. The average Bonchev–Trinajstić information content (AvgIpc) is 2.81. The summed E-state index contributed by atoms with van der Waals surface area (Å²) >= 11 is 0. The molecule has 1 amide bonds. The van der Waals surface area contributed by atoms with Crippen LogP contribution in [0.2, 0.25) is 0 Å². The van der Waals surface area contributed by atoms with E-state index in [0.717, 1.165) is 24.7 Å². The number of nitrogens with zero attached hydrogens (tertiary/aromatic N) is 2. The molecule has 1 saturated heterocycles. The van der Waals surface area contributed by atoms with E-state index in [0.29, 0.717) is 30.4 Å². The second-order valence-corrected chi connectivity index (χ2v) is 7.23. The number of aryl methyl sites for hydroxylation is 1. The summed E-state index contributed by atoms with van der Waals surface area (Å²) in [6, 6.07) is 18.7. The van der Waals surface area contributed by atoms with Gasteiger partial charge in [-0.1, -0.05) is 17.7 Å². The first-order valence-electron chi connectivity index (χ1n) is 10.2. The van der Waals surface area contributed by atoms with E-state index in [2.05, 4.69) is 15.2 Å². The summed E-state index contributed by atoms with van der Waals surface area (Å²) in [7, 11) is 0. The minimum absolute atomic E-state index is 0.0939. The lowest BCUT2D eigenvalue weighted by atomic mass is 10.2. The highest BCUT2D eigenvalue weighted by Gasteiger charge is 2.12. The van der Waals surface area contributed by atoms with Crippen LogP contribution in [-0.4, -0.2) is 43.8 Å². The fourth-order valence-corrected chi connectivity index (χ4v) is 3.13. The summed E-state index contributed by atoms with van der Waals surface area (Å²) in [6.45, 7) is 4.99. The molecule has 1 aliphatic heterocycles. The van der Waals surface area contributed by atoms with Gasteiger partial charge in [0.2, 0.25) is 0 Å². The number of benzene rings is 2. The van der Waals surface area contributed by atoms with Crippen molar-refractivity contribution in [2.45, 2.75) is 6.92 Å². The largest absolute Gasteiger partial charge is 0.484 e. The molecular weight excluding hydrogens is 394 g/mol. The van der Waals surface area contributed by atoms with E-state index in [1.54, 1.807) is 30.5 Å². The molecule has 4 rings (SSSR count). The highest BCUT2D eigenvalue weighted by molar-refractivity contribution is 5.91. The molecule has 1 aliphatic rings. The van der Waals surface area contributed by atoms with Gasteiger partial charge in [0, 0.05) is 13.1 Å². The van der Waals surface area contributed by atoms with Crippen molar-refractivity contribution in [1.29, 1.82) is 0 Å². The minimum atomic E-state index is -0.249. The molecule has 0 spiro atoms. The Balaban J connectivity index is 1.24. The molecule has 0 aliphatic carbocycles. The summed E-state index contributed by atoms with van der Waals surface area (Å²) in [5, 5.41) is 2.80. The molecule has 1 aromatic heterocycles. The number of rotatable bonds is 7. The molecule has 0 bridgehead atoms. The lowest BCUT2D eigenvalue weighted by Gasteiger charge is -2.27. The number of amides is 1. The van der Waals surface area contributed by atoms with Crippen LogP contribution in [0.25, 0.3) is 0 Å². The molecule has 7 nitrogen and oxygen atoms in total. The lowest BCUT2D eigenvalue weighted by Crippen LogP contribution is -2.36. The number of carbonyl (C=O) groups is 1. The number of nitrogens with one attached hydrogen (secondary N) is 1. The van der Waals surface area contributed by atoms with Gasteiger partial charge in [-0.25, -0.2) is 4.98 Å². The predicted molar refractivity (Wildman–Crippen MR) is 119 cm³/mol. The van der Waals surface area contributed by atoms with Crippen molar-refractivity contribution in [1.82, 2.24) is 4.98 Å². The quantitative estimate of drug-likeness (QED) is 0.623. The third kappa shape index (κ3) is 5.96. The molecule has 3 aromatic rings. The second-order valence-electron chi connectivity index (χ2n) is 7.23. The van der Waals surface area contributed by atoms with E-state index in [-0.39, 0.29) is 12.5 Å². The van der Waals surface area contributed by atoms with E-state index in [4.69, 9.17) is 14.2 Å². The van der Waals surface area contributed by atoms with Gasteiger partial charge in [0.25, 0.3) is 5.91 Å². The Morgan fingerprint density at radius 1 is 0.968 bits per heavy atom. The molecular formula is C24H25N3O4. The van der Waals surface area contributed by atoms with Crippen LogP contribution < -0.4 is 19.7 Å². The van der Waals surface area contributed by atoms with Crippen molar-refractivity contribution in [3.05, 3.63) is 72.4 Å². The van der Waals surface area contributed by atoms with E-state index < -0.39 is 0 Å². The Bertz CT molecular complexity index is 983. The van der Waals surface area contributed by atoms with Gasteiger partial charge in [-0.15, -0.1) is 0 Å². The zero-order chi connectivity index (χ0) is 21.5. The topological polar surface area (TPSA) is 72.9 Å². The summed E-state index contributed by atoms with van der Waals surface area (Å²) in [5.41, 5.74) is 1.81. The monoisotopic (exact) mass is 419 g/mol. The smallest absolute Gasteiger partial charge is 0.262 e. The molecule has 31 heavy (non-hydrogen) atoms. The standard InChI is InChI=1S/C24H25N3O4/c1-18-2-5-21(6-3-18)31-22-9-7-20(8-10-22)30-17-24(28)26-19-4-11-23(25-16-19)27-12-14-29-15-13-27/h2-11,16H,12-15,17H2,1H3,(H,26,28).